The van der Waals surface area contributed by atoms with E-state index >= 15 is 0 Å². The van der Waals surface area contributed by atoms with Crippen LogP contribution in [-0.4, -0.2) is 12.0 Å². The van der Waals surface area contributed by atoms with Crippen molar-refractivity contribution in [2.24, 2.45) is 0 Å². The molecule has 0 saturated carbocycles. The van der Waals surface area contributed by atoms with E-state index in [1.54, 1.807) is 37.3 Å². The Morgan fingerprint density at radius 3 is 2.76 bits per heavy atom. The highest BCUT2D eigenvalue weighted by atomic mass is 19.1. The number of carbonyl (C=O) groups excluding carboxylic acids is 1. The molecule has 0 heterocycles. The van der Waals surface area contributed by atoms with E-state index in [9.17, 15) is 9.18 Å². The van der Waals surface area contributed by atoms with Gasteiger partial charge >= 0.3 is 0 Å². The highest BCUT2D eigenvalue weighted by molar-refractivity contribution is 5.94. The summed E-state index contributed by atoms with van der Waals surface area (Å²) >= 11 is 0. The SMILES string of the molecule is CC(Oc1cccc(F)c1)C(=O)Nc1cccc(C#N)c1. The minimum Gasteiger partial charge on any atom is -0.481 e. The quantitative estimate of drug-likeness (QED) is 0.938. The van der Waals surface area contributed by atoms with Gasteiger partial charge in [-0.2, -0.15) is 5.26 Å². The van der Waals surface area contributed by atoms with Gasteiger partial charge in [0.2, 0.25) is 0 Å². The Labute approximate surface area is 121 Å². The van der Waals surface area contributed by atoms with Crippen LogP contribution in [0.25, 0.3) is 0 Å². The highest BCUT2D eigenvalue weighted by Gasteiger charge is 2.15. The van der Waals surface area contributed by atoms with Gasteiger partial charge in [0.25, 0.3) is 5.91 Å². The van der Waals surface area contributed by atoms with Crippen molar-refractivity contribution in [3.63, 3.8) is 0 Å². The minimum atomic E-state index is -0.794. The second kappa shape index (κ2) is 6.53. The number of nitrogens with one attached hydrogen (secondary N) is 1. The van der Waals surface area contributed by atoms with Crippen molar-refractivity contribution in [1.29, 1.82) is 5.26 Å². The first-order valence-corrected chi connectivity index (χ1v) is 6.32. The minimum absolute atomic E-state index is 0.281. The molecule has 5 heteroatoms. The summed E-state index contributed by atoms with van der Waals surface area (Å²) < 4.78 is 18.4. The van der Waals surface area contributed by atoms with Gasteiger partial charge in [-0.25, -0.2) is 4.39 Å². The van der Waals surface area contributed by atoms with Crippen molar-refractivity contribution in [2.45, 2.75) is 13.0 Å². The topological polar surface area (TPSA) is 62.1 Å². The molecule has 1 atom stereocenters. The number of ether oxygens (including phenoxy) is 1. The molecule has 106 valence electrons. The van der Waals surface area contributed by atoms with Gasteiger partial charge in [0.05, 0.1) is 11.6 Å². The third-order valence-corrected chi connectivity index (χ3v) is 2.74. The molecule has 0 aliphatic rings. The predicted molar refractivity (Wildman–Crippen MR) is 76.3 cm³/mol. The van der Waals surface area contributed by atoms with Crippen LogP contribution in [0, 0.1) is 17.1 Å². The van der Waals surface area contributed by atoms with E-state index in [1.165, 1.54) is 18.2 Å². The van der Waals surface area contributed by atoms with Crippen LogP contribution in [0.15, 0.2) is 48.5 Å². The molecule has 0 bridgehead atoms. The normalized spacial score (nSPS) is 11.3. The molecule has 2 aromatic rings. The Bertz CT molecular complexity index is 695. The molecule has 21 heavy (non-hydrogen) atoms. The number of nitrogens with zero attached hydrogens (tertiary/aromatic N) is 1. The third-order valence-electron chi connectivity index (χ3n) is 2.74. The van der Waals surface area contributed by atoms with Crippen LogP contribution in [-0.2, 0) is 4.79 Å². The van der Waals surface area contributed by atoms with Crippen molar-refractivity contribution in [2.75, 3.05) is 5.32 Å². The maximum atomic E-state index is 13.0. The molecule has 0 saturated heterocycles. The first kappa shape index (κ1) is 14.5. The monoisotopic (exact) mass is 284 g/mol. The lowest BCUT2D eigenvalue weighted by Gasteiger charge is -2.14. The number of amides is 1. The predicted octanol–water partition coefficient (Wildman–Crippen LogP) is 3.10. The van der Waals surface area contributed by atoms with Gasteiger partial charge in [0.15, 0.2) is 6.10 Å². The summed E-state index contributed by atoms with van der Waals surface area (Å²) in [7, 11) is 0. The molecule has 0 aliphatic heterocycles. The lowest BCUT2D eigenvalue weighted by molar-refractivity contribution is -0.122. The van der Waals surface area contributed by atoms with E-state index in [4.69, 9.17) is 10.00 Å². The molecule has 1 amide bonds. The Hall–Kier alpha value is -2.87. The summed E-state index contributed by atoms with van der Waals surface area (Å²) in [6.45, 7) is 1.56. The molecule has 0 fully saturated rings. The summed E-state index contributed by atoms with van der Waals surface area (Å²) in [6, 6.07) is 14.1. The average molecular weight is 284 g/mol. The molecule has 0 aromatic heterocycles. The number of halogens is 1. The van der Waals surface area contributed by atoms with E-state index in [1.807, 2.05) is 6.07 Å². The molecule has 0 aliphatic carbocycles. The van der Waals surface area contributed by atoms with E-state index < -0.39 is 11.9 Å². The molecular weight excluding hydrogens is 271 g/mol. The number of benzene rings is 2. The van der Waals surface area contributed by atoms with Crippen LogP contribution in [0.2, 0.25) is 0 Å². The smallest absolute Gasteiger partial charge is 0.265 e. The van der Waals surface area contributed by atoms with Crippen LogP contribution in [0.4, 0.5) is 10.1 Å². The van der Waals surface area contributed by atoms with Gasteiger partial charge < -0.3 is 10.1 Å². The maximum Gasteiger partial charge on any atom is 0.265 e. The van der Waals surface area contributed by atoms with Crippen molar-refractivity contribution in [1.82, 2.24) is 0 Å². The number of carbonyl (C=O) groups is 1. The van der Waals surface area contributed by atoms with Gasteiger partial charge in [-0.15, -0.1) is 0 Å². The fraction of sp³-hybridized carbons (Fsp3) is 0.125. The number of nitriles is 1. The average Bonchev–Trinajstić information content (AvgIpc) is 2.47. The zero-order valence-electron chi connectivity index (χ0n) is 11.3. The number of anilines is 1. The van der Waals surface area contributed by atoms with Crippen LogP contribution in [0.3, 0.4) is 0 Å². The van der Waals surface area contributed by atoms with Crippen molar-refractivity contribution in [3.8, 4) is 11.8 Å². The van der Waals surface area contributed by atoms with E-state index in [-0.39, 0.29) is 11.7 Å². The Morgan fingerprint density at radius 2 is 2.05 bits per heavy atom. The second-order valence-electron chi connectivity index (χ2n) is 4.40. The van der Waals surface area contributed by atoms with Crippen molar-refractivity contribution in [3.05, 3.63) is 59.9 Å². The fourth-order valence-electron chi connectivity index (χ4n) is 1.71. The Morgan fingerprint density at radius 1 is 1.29 bits per heavy atom. The first-order chi connectivity index (χ1) is 10.1. The lowest BCUT2D eigenvalue weighted by atomic mass is 10.2. The summed E-state index contributed by atoms with van der Waals surface area (Å²) in [5.74, 6) is -0.528. The summed E-state index contributed by atoms with van der Waals surface area (Å²) in [6.07, 6.45) is -0.794. The molecule has 2 aromatic carbocycles. The van der Waals surface area contributed by atoms with Crippen molar-refractivity contribution < 1.29 is 13.9 Å². The van der Waals surface area contributed by atoms with Gasteiger partial charge in [-0.3, -0.25) is 4.79 Å². The summed E-state index contributed by atoms with van der Waals surface area (Å²) in [5, 5.41) is 11.4. The van der Waals surface area contributed by atoms with Gasteiger partial charge in [0.1, 0.15) is 11.6 Å². The summed E-state index contributed by atoms with van der Waals surface area (Å²) in [5.41, 5.74) is 0.959. The zero-order chi connectivity index (χ0) is 15.2. The molecule has 0 spiro atoms. The molecular formula is C16H13FN2O2. The van der Waals surface area contributed by atoms with E-state index in [0.29, 0.717) is 11.3 Å². The molecule has 1 N–H and O–H groups in total. The standard InChI is InChI=1S/C16H13FN2O2/c1-11(21-15-7-3-5-13(17)9-15)16(20)19-14-6-2-4-12(8-14)10-18/h2-9,11H,1H3,(H,19,20). The number of rotatable bonds is 4. The maximum absolute atomic E-state index is 13.0. The fourth-order valence-corrected chi connectivity index (χ4v) is 1.71. The molecule has 4 nitrogen and oxygen atoms in total. The van der Waals surface area contributed by atoms with Gasteiger partial charge in [0, 0.05) is 11.8 Å². The zero-order valence-corrected chi connectivity index (χ0v) is 11.3. The van der Waals surface area contributed by atoms with E-state index in [2.05, 4.69) is 5.32 Å². The lowest BCUT2D eigenvalue weighted by Crippen LogP contribution is -2.30. The van der Waals surface area contributed by atoms with E-state index in [0.717, 1.165) is 0 Å². The van der Waals surface area contributed by atoms with Gasteiger partial charge in [-0.05, 0) is 37.3 Å². The van der Waals surface area contributed by atoms with Crippen LogP contribution >= 0.6 is 0 Å². The largest absolute Gasteiger partial charge is 0.481 e. The third kappa shape index (κ3) is 4.05. The van der Waals surface area contributed by atoms with Crippen LogP contribution in [0.1, 0.15) is 12.5 Å². The first-order valence-electron chi connectivity index (χ1n) is 6.32. The summed E-state index contributed by atoms with van der Waals surface area (Å²) in [4.78, 5) is 12.0. The van der Waals surface area contributed by atoms with Crippen LogP contribution < -0.4 is 10.1 Å². The second-order valence-corrected chi connectivity index (χ2v) is 4.40. The molecule has 0 radical (unpaired) electrons. The Balaban J connectivity index is 2.01. The Kier molecular flexibility index (Phi) is 4.52. The van der Waals surface area contributed by atoms with Crippen molar-refractivity contribution >= 4 is 11.6 Å². The molecule has 2 rings (SSSR count). The highest BCUT2D eigenvalue weighted by Crippen LogP contribution is 2.15. The van der Waals surface area contributed by atoms with Gasteiger partial charge in [-0.1, -0.05) is 12.1 Å². The number of hydrogen-bond acceptors (Lipinski definition) is 3. The number of hydrogen-bond donors (Lipinski definition) is 1. The molecule has 1 unspecified atom stereocenters. The van der Waals surface area contributed by atoms with Crippen LogP contribution in [0.5, 0.6) is 5.75 Å².